The highest BCUT2D eigenvalue weighted by Gasteiger charge is 2.26. The van der Waals surface area contributed by atoms with Crippen LogP contribution in [-0.2, 0) is 17.9 Å². The molecule has 2 amide bonds. The summed E-state index contributed by atoms with van der Waals surface area (Å²) in [4.78, 5) is 57.3. The first kappa shape index (κ1) is 25.4. The van der Waals surface area contributed by atoms with Crippen LogP contribution in [0.25, 0.3) is 10.2 Å². The van der Waals surface area contributed by atoms with Gasteiger partial charge in [-0.25, -0.2) is 4.79 Å². The van der Waals surface area contributed by atoms with Gasteiger partial charge in [-0.1, -0.05) is 30.3 Å². The molecule has 0 aliphatic heterocycles. The zero-order valence-electron chi connectivity index (χ0n) is 20.5. The minimum absolute atomic E-state index is 0.0858. The van der Waals surface area contributed by atoms with Gasteiger partial charge in [0.05, 0.1) is 16.8 Å². The number of thiophene rings is 1. The summed E-state index contributed by atoms with van der Waals surface area (Å²) in [5.74, 6) is -0.382. The fourth-order valence-corrected chi connectivity index (χ4v) is 5.37. The topological polar surface area (TPSA) is 84.6 Å². The second-order valence-corrected chi connectivity index (χ2v) is 9.02. The Kier molecular flexibility index (Phi) is 8.09. The molecule has 34 heavy (non-hydrogen) atoms. The van der Waals surface area contributed by atoms with Gasteiger partial charge in [0.15, 0.2) is 0 Å². The number of aromatic nitrogens is 2. The van der Waals surface area contributed by atoms with Gasteiger partial charge in [-0.3, -0.25) is 23.5 Å². The fraction of sp³-hybridized carbons (Fsp3) is 0.440. The molecule has 0 fully saturated rings. The molecule has 0 bridgehead atoms. The van der Waals surface area contributed by atoms with Crippen LogP contribution in [0.15, 0.2) is 39.9 Å². The maximum atomic E-state index is 13.5. The molecule has 3 aromatic rings. The number of nitrogens with zero attached hydrogens (tertiary/aromatic N) is 4. The van der Waals surface area contributed by atoms with Crippen LogP contribution in [0, 0.1) is 6.92 Å². The Morgan fingerprint density at radius 2 is 1.47 bits per heavy atom. The number of hydrogen-bond acceptors (Lipinski definition) is 5. The van der Waals surface area contributed by atoms with E-state index in [4.69, 9.17) is 0 Å². The maximum Gasteiger partial charge on any atom is 0.332 e. The number of likely N-dealkylation sites (N-methyl/N-ethyl adjacent to an activating group) is 1. The van der Waals surface area contributed by atoms with E-state index in [1.165, 1.54) is 9.13 Å². The molecular formula is C25H32N4O4S. The zero-order valence-corrected chi connectivity index (χ0v) is 21.3. The van der Waals surface area contributed by atoms with E-state index in [2.05, 4.69) is 0 Å². The number of aryl methyl sites for hydroxylation is 1. The predicted octanol–water partition coefficient (Wildman–Crippen LogP) is 2.93. The molecular weight excluding hydrogens is 452 g/mol. The van der Waals surface area contributed by atoms with Crippen molar-refractivity contribution in [3.8, 4) is 0 Å². The van der Waals surface area contributed by atoms with E-state index < -0.39 is 11.2 Å². The van der Waals surface area contributed by atoms with Crippen LogP contribution in [-0.4, -0.2) is 56.9 Å². The molecule has 0 atom stereocenters. The van der Waals surface area contributed by atoms with Crippen molar-refractivity contribution >= 4 is 33.4 Å². The monoisotopic (exact) mass is 484 g/mol. The SMILES string of the molecule is CCN(CC)C(=O)Cn1c(=O)n(Cc2ccccc2)c(=O)c2c(C)c(C(=O)N(CC)CC)sc21. The zero-order chi connectivity index (χ0) is 25.0. The molecule has 0 saturated heterocycles. The van der Waals surface area contributed by atoms with E-state index in [0.29, 0.717) is 46.8 Å². The minimum Gasteiger partial charge on any atom is -0.342 e. The Hall–Kier alpha value is -3.20. The summed E-state index contributed by atoms with van der Waals surface area (Å²) in [7, 11) is 0. The number of benzene rings is 1. The Morgan fingerprint density at radius 1 is 0.882 bits per heavy atom. The first-order valence-electron chi connectivity index (χ1n) is 11.7. The van der Waals surface area contributed by atoms with Crippen molar-refractivity contribution < 1.29 is 9.59 Å². The molecule has 2 heterocycles. The number of rotatable bonds is 9. The van der Waals surface area contributed by atoms with Gasteiger partial charge in [0.1, 0.15) is 11.4 Å². The molecule has 9 heteroatoms. The van der Waals surface area contributed by atoms with Crippen molar-refractivity contribution in [3.05, 3.63) is 67.2 Å². The number of fused-ring (bicyclic) bond motifs is 1. The third-order valence-electron chi connectivity index (χ3n) is 6.13. The number of carbonyl (C=O) groups is 2. The fourth-order valence-electron chi connectivity index (χ4n) is 4.11. The molecule has 0 aliphatic rings. The first-order chi connectivity index (χ1) is 16.3. The average Bonchev–Trinajstić information content (AvgIpc) is 3.18. The van der Waals surface area contributed by atoms with E-state index >= 15 is 0 Å². The highest BCUT2D eigenvalue weighted by atomic mass is 32.1. The van der Waals surface area contributed by atoms with E-state index in [9.17, 15) is 19.2 Å². The van der Waals surface area contributed by atoms with Crippen molar-refractivity contribution in [1.29, 1.82) is 0 Å². The van der Waals surface area contributed by atoms with Crippen molar-refractivity contribution in [1.82, 2.24) is 18.9 Å². The summed E-state index contributed by atoms with van der Waals surface area (Å²) in [6, 6.07) is 9.25. The van der Waals surface area contributed by atoms with Crippen LogP contribution >= 0.6 is 11.3 Å². The lowest BCUT2D eigenvalue weighted by molar-refractivity contribution is -0.131. The summed E-state index contributed by atoms with van der Waals surface area (Å²) in [6.07, 6.45) is 0. The summed E-state index contributed by atoms with van der Waals surface area (Å²) in [5, 5.41) is 0.323. The summed E-state index contributed by atoms with van der Waals surface area (Å²) >= 11 is 1.12. The molecule has 0 aliphatic carbocycles. The minimum atomic E-state index is -0.551. The Balaban J connectivity index is 2.28. The Bertz CT molecular complexity index is 1300. The van der Waals surface area contributed by atoms with Crippen molar-refractivity contribution in [2.75, 3.05) is 26.2 Å². The lowest BCUT2D eigenvalue weighted by atomic mass is 10.2. The smallest absolute Gasteiger partial charge is 0.332 e. The quantitative estimate of drug-likeness (QED) is 0.467. The normalized spacial score (nSPS) is 11.1. The average molecular weight is 485 g/mol. The van der Waals surface area contributed by atoms with E-state index in [-0.39, 0.29) is 24.9 Å². The van der Waals surface area contributed by atoms with Crippen molar-refractivity contribution in [3.63, 3.8) is 0 Å². The van der Waals surface area contributed by atoms with Gasteiger partial charge in [0.2, 0.25) is 5.91 Å². The highest BCUT2D eigenvalue weighted by molar-refractivity contribution is 7.20. The van der Waals surface area contributed by atoms with Crippen molar-refractivity contribution in [2.45, 2.75) is 47.7 Å². The lowest BCUT2D eigenvalue weighted by Gasteiger charge is -2.20. The maximum absolute atomic E-state index is 13.5. The predicted molar refractivity (Wildman–Crippen MR) is 136 cm³/mol. The van der Waals surface area contributed by atoms with Crippen LogP contribution < -0.4 is 11.2 Å². The van der Waals surface area contributed by atoms with Gasteiger partial charge in [-0.2, -0.15) is 0 Å². The highest BCUT2D eigenvalue weighted by Crippen LogP contribution is 2.29. The van der Waals surface area contributed by atoms with Gasteiger partial charge in [0.25, 0.3) is 11.5 Å². The lowest BCUT2D eigenvalue weighted by Crippen LogP contribution is -2.43. The molecule has 1 aromatic carbocycles. The van der Waals surface area contributed by atoms with Gasteiger partial charge in [-0.15, -0.1) is 11.3 Å². The molecule has 8 nitrogen and oxygen atoms in total. The van der Waals surface area contributed by atoms with Crippen LogP contribution in [0.1, 0.15) is 48.5 Å². The van der Waals surface area contributed by atoms with Gasteiger partial charge in [0, 0.05) is 26.2 Å². The standard InChI is InChI=1S/C25H32N4O4S/c1-6-26(7-2)19(30)16-29-24-20(17(5)21(34-24)23(32)27(8-3)9-4)22(31)28(25(29)33)15-18-13-11-10-12-14-18/h10-14H,6-9,15-16H2,1-5H3. The third-order valence-corrected chi connectivity index (χ3v) is 7.43. The Labute approximate surface area is 203 Å². The largest absolute Gasteiger partial charge is 0.342 e. The van der Waals surface area contributed by atoms with E-state index in [1.807, 2.05) is 58.0 Å². The van der Waals surface area contributed by atoms with Crippen LogP contribution in [0.5, 0.6) is 0 Å². The summed E-state index contributed by atoms with van der Waals surface area (Å²) < 4.78 is 2.52. The molecule has 182 valence electrons. The van der Waals surface area contributed by atoms with Crippen LogP contribution in [0.3, 0.4) is 0 Å². The molecule has 0 N–H and O–H groups in total. The molecule has 0 spiro atoms. The first-order valence-corrected chi connectivity index (χ1v) is 12.5. The summed E-state index contributed by atoms with van der Waals surface area (Å²) in [6.45, 7) is 11.3. The summed E-state index contributed by atoms with van der Waals surface area (Å²) in [5.41, 5.74) is 0.357. The van der Waals surface area contributed by atoms with Gasteiger partial charge in [-0.05, 0) is 45.7 Å². The second-order valence-electron chi connectivity index (χ2n) is 8.03. The molecule has 0 radical (unpaired) electrons. The van der Waals surface area contributed by atoms with Crippen LogP contribution in [0.2, 0.25) is 0 Å². The molecule has 0 saturated carbocycles. The van der Waals surface area contributed by atoms with Crippen LogP contribution in [0.4, 0.5) is 0 Å². The molecule has 3 rings (SSSR count). The van der Waals surface area contributed by atoms with Crippen molar-refractivity contribution in [2.24, 2.45) is 0 Å². The molecule has 0 unspecified atom stereocenters. The number of hydrogen-bond donors (Lipinski definition) is 0. The Morgan fingerprint density at radius 3 is 2.03 bits per heavy atom. The van der Waals surface area contributed by atoms with E-state index in [0.717, 1.165) is 16.9 Å². The van der Waals surface area contributed by atoms with E-state index in [1.54, 1.807) is 16.7 Å². The number of carbonyl (C=O) groups excluding carboxylic acids is 2. The van der Waals surface area contributed by atoms with Gasteiger partial charge < -0.3 is 9.80 Å². The second kappa shape index (κ2) is 10.8. The number of amides is 2. The molecule has 2 aromatic heterocycles. The third kappa shape index (κ3) is 4.70. The van der Waals surface area contributed by atoms with Gasteiger partial charge >= 0.3 is 5.69 Å².